The molecule has 4 nitrogen and oxygen atoms in total. The largest absolute Gasteiger partial charge is 0.394 e. The predicted molar refractivity (Wildman–Crippen MR) is 58.3 cm³/mol. The van der Waals surface area contributed by atoms with E-state index in [0.717, 1.165) is 19.6 Å². The van der Waals surface area contributed by atoms with Crippen LogP contribution >= 0.6 is 0 Å². The van der Waals surface area contributed by atoms with Crippen LogP contribution in [-0.2, 0) is 4.74 Å². The molecule has 0 saturated carbocycles. The second-order valence-corrected chi connectivity index (χ2v) is 3.32. The maximum absolute atomic E-state index is 8.52. The zero-order chi connectivity index (χ0) is 10.6. The minimum Gasteiger partial charge on any atom is -0.394 e. The van der Waals surface area contributed by atoms with E-state index in [1.54, 1.807) is 0 Å². The lowest BCUT2D eigenvalue weighted by Gasteiger charge is -2.20. The molecule has 3 N–H and O–H groups in total. The molecule has 0 atom stereocenters. The van der Waals surface area contributed by atoms with Crippen molar-refractivity contribution < 1.29 is 9.84 Å². The van der Waals surface area contributed by atoms with E-state index >= 15 is 0 Å². The first-order chi connectivity index (χ1) is 6.85. The number of hydrogen-bond donors (Lipinski definition) is 2. The third kappa shape index (κ3) is 8.44. The van der Waals surface area contributed by atoms with Crippen molar-refractivity contribution in [3.05, 3.63) is 0 Å². The Labute approximate surface area is 87.0 Å². The number of hydrogen-bond acceptors (Lipinski definition) is 4. The smallest absolute Gasteiger partial charge is 0.0698 e. The van der Waals surface area contributed by atoms with Crippen LogP contribution in [0.3, 0.4) is 0 Å². The van der Waals surface area contributed by atoms with Crippen molar-refractivity contribution in [2.45, 2.75) is 19.8 Å². The Kier molecular flexibility index (Phi) is 10.8. The lowest BCUT2D eigenvalue weighted by Crippen LogP contribution is -2.33. The van der Waals surface area contributed by atoms with Crippen LogP contribution < -0.4 is 5.73 Å². The predicted octanol–water partition coefficient (Wildman–Crippen LogP) is 0.0561. The van der Waals surface area contributed by atoms with Gasteiger partial charge < -0.3 is 15.6 Å². The molecule has 0 fully saturated rings. The van der Waals surface area contributed by atoms with Crippen LogP contribution in [0.15, 0.2) is 0 Å². The highest BCUT2D eigenvalue weighted by molar-refractivity contribution is 4.57. The maximum Gasteiger partial charge on any atom is 0.0698 e. The van der Waals surface area contributed by atoms with E-state index < -0.39 is 0 Å². The molecule has 0 unspecified atom stereocenters. The van der Waals surface area contributed by atoms with Gasteiger partial charge in [-0.1, -0.05) is 13.3 Å². The molecule has 0 amide bonds. The third-order valence-corrected chi connectivity index (χ3v) is 2.06. The first kappa shape index (κ1) is 13.8. The summed E-state index contributed by atoms with van der Waals surface area (Å²) in [6, 6.07) is 0. The fraction of sp³-hybridized carbons (Fsp3) is 1.00. The van der Waals surface area contributed by atoms with E-state index in [1.165, 1.54) is 12.8 Å². The molecule has 0 aromatic heterocycles. The molecule has 0 heterocycles. The van der Waals surface area contributed by atoms with Gasteiger partial charge in [-0.2, -0.15) is 0 Å². The standard InChI is InChI=1S/C10H24N2O2/c1-2-3-5-12(6-4-11)7-9-14-10-8-13/h13H,2-11H2,1H3. The van der Waals surface area contributed by atoms with Crippen LogP contribution in [0, 0.1) is 0 Å². The molecule has 0 aliphatic heterocycles. The van der Waals surface area contributed by atoms with Crippen molar-refractivity contribution in [1.29, 1.82) is 0 Å². The fourth-order valence-corrected chi connectivity index (χ4v) is 1.26. The first-order valence-corrected chi connectivity index (χ1v) is 5.46. The lowest BCUT2D eigenvalue weighted by atomic mass is 10.3. The summed E-state index contributed by atoms with van der Waals surface area (Å²) in [6.07, 6.45) is 2.42. The molecular weight excluding hydrogens is 180 g/mol. The van der Waals surface area contributed by atoms with Gasteiger partial charge in [0.25, 0.3) is 0 Å². The topological polar surface area (TPSA) is 58.7 Å². The molecule has 4 heteroatoms. The van der Waals surface area contributed by atoms with E-state index in [1.807, 2.05) is 0 Å². The van der Waals surface area contributed by atoms with Crippen molar-refractivity contribution in [3.63, 3.8) is 0 Å². The minimum absolute atomic E-state index is 0.103. The Balaban J connectivity index is 3.40. The number of nitrogens with zero attached hydrogens (tertiary/aromatic N) is 1. The quantitative estimate of drug-likeness (QED) is 0.494. The number of unbranched alkanes of at least 4 members (excludes halogenated alkanes) is 1. The van der Waals surface area contributed by atoms with Gasteiger partial charge in [0.15, 0.2) is 0 Å². The van der Waals surface area contributed by atoms with E-state index in [4.69, 9.17) is 15.6 Å². The Bertz CT molecular complexity index is 112. The van der Waals surface area contributed by atoms with Gasteiger partial charge in [-0.3, -0.25) is 4.90 Å². The third-order valence-electron chi connectivity index (χ3n) is 2.06. The van der Waals surface area contributed by atoms with Gasteiger partial charge >= 0.3 is 0 Å². The molecule has 0 saturated heterocycles. The molecule has 0 aromatic rings. The molecule has 0 aromatic carbocycles. The molecule has 86 valence electrons. The SMILES string of the molecule is CCCCN(CCN)CCOCCO. The summed E-state index contributed by atoms with van der Waals surface area (Å²) in [7, 11) is 0. The first-order valence-electron chi connectivity index (χ1n) is 5.46. The molecule has 0 radical (unpaired) electrons. The zero-order valence-corrected chi connectivity index (χ0v) is 9.24. The van der Waals surface area contributed by atoms with Gasteiger partial charge in [-0.15, -0.1) is 0 Å². The van der Waals surface area contributed by atoms with Crippen LogP contribution in [0.2, 0.25) is 0 Å². The molecule has 14 heavy (non-hydrogen) atoms. The van der Waals surface area contributed by atoms with Gasteiger partial charge in [-0.05, 0) is 13.0 Å². The summed E-state index contributed by atoms with van der Waals surface area (Å²) < 4.78 is 5.21. The summed E-state index contributed by atoms with van der Waals surface area (Å²) in [6.45, 7) is 7.04. The fourth-order valence-electron chi connectivity index (χ4n) is 1.26. The molecule has 0 bridgehead atoms. The van der Waals surface area contributed by atoms with Crippen LogP contribution in [0.1, 0.15) is 19.8 Å². The molecule has 0 rings (SSSR count). The highest BCUT2D eigenvalue weighted by Crippen LogP contribution is 1.94. The van der Waals surface area contributed by atoms with Crippen molar-refractivity contribution in [1.82, 2.24) is 4.90 Å². The van der Waals surface area contributed by atoms with Gasteiger partial charge in [0.05, 0.1) is 19.8 Å². The summed E-state index contributed by atoms with van der Waals surface area (Å²) in [5.74, 6) is 0. The van der Waals surface area contributed by atoms with Gasteiger partial charge in [0, 0.05) is 19.6 Å². The second-order valence-electron chi connectivity index (χ2n) is 3.32. The number of nitrogens with two attached hydrogens (primary N) is 1. The van der Waals surface area contributed by atoms with Crippen LogP contribution in [0.25, 0.3) is 0 Å². The molecule has 0 spiro atoms. The summed E-state index contributed by atoms with van der Waals surface area (Å²) in [5.41, 5.74) is 5.51. The highest BCUT2D eigenvalue weighted by Gasteiger charge is 2.02. The van der Waals surface area contributed by atoms with E-state index in [9.17, 15) is 0 Å². The maximum atomic E-state index is 8.52. The van der Waals surface area contributed by atoms with Gasteiger partial charge in [-0.25, -0.2) is 0 Å². The monoisotopic (exact) mass is 204 g/mol. The van der Waals surface area contributed by atoms with E-state index in [0.29, 0.717) is 19.8 Å². The number of rotatable bonds is 10. The van der Waals surface area contributed by atoms with Crippen molar-refractivity contribution in [2.24, 2.45) is 5.73 Å². The Morgan fingerprint density at radius 3 is 2.57 bits per heavy atom. The highest BCUT2D eigenvalue weighted by atomic mass is 16.5. The number of aliphatic hydroxyl groups excluding tert-OH is 1. The minimum atomic E-state index is 0.103. The molecular formula is C10H24N2O2. The average Bonchev–Trinajstić information content (AvgIpc) is 2.20. The van der Waals surface area contributed by atoms with Crippen molar-refractivity contribution in [3.8, 4) is 0 Å². The number of ether oxygens (including phenoxy) is 1. The lowest BCUT2D eigenvalue weighted by molar-refractivity contribution is 0.0739. The molecule has 0 aliphatic carbocycles. The van der Waals surface area contributed by atoms with Crippen molar-refractivity contribution >= 4 is 0 Å². The summed E-state index contributed by atoms with van der Waals surface area (Å²) >= 11 is 0. The van der Waals surface area contributed by atoms with Crippen LogP contribution in [0.4, 0.5) is 0 Å². The molecule has 0 aliphatic rings. The normalized spacial score (nSPS) is 11.1. The average molecular weight is 204 g/mol. The number of aliphatic hydroxyl groups is 1. The Hall–Kier alpha value is -0.160. The second kappa shape index (κ2) is 10.9. The van der Waals surface area contributed by atoms with E-state index in [-0.39, 0.29) is 6.61 Å². The Morgan fingerprint density at radius 1 is 1.21 bits per heavy atom. The van der Waals surface area contributed by atoms with Crippen LogP contribution in [0.5, 0.6) is 0 Å². The Morgan fingerprint density at radius 2 is 2.00 bits per heavy atom. The van der Waals surface area contributed by atoms with Crippen molar-refractivity contribution in [2.75, 3.05) is 46.0 Å². The zero-order valence-electron chi connectivity index (χ0n) is 9.24. The summed E-state index contributed by atoms with van der Waals surface area (Å²) in [5, 5.41) is 8.52. The van der Waals surface area contributed by atoms with Gasteiger partial charge in [0.2, 0.25) is 0 Å². The summed E-state index contributed by atoms with van der Waals surface area (Å²) in [4.78, 5) is 2.31. The van der Waals surface area contributed by atoms with Crippen LogP contribution in [-0.4, -0.2) is 56.0 Å². The van der Waals surface area contributed by atoms with E-state index in [2.05, 4.69) is 11.8 Å². The van der Waals surface area contributed by atoms with Gasteiger partial charge in [0.1, 0.15) is 0 Å².